The van der Waals surface area contributed by atoms with Gasteiger partial charge in [0, 0.05) is 13.2 Å². The van der Waals surface area contributed by atoms with Gasteiger partial charge in [-0.1, -0.05) is 18.2 Å². The highest BCUT2D eigenvalue weighted by Crippen LogP contribution is 2.28. The molecule has 1 atom stereocenters. The molecule has 112 valence electrons. The van der Waals surface area contributed by atoms with Crippen LogP contribution in [0.1, 0.15) is 36.0 Å². The number of aryl methyl sites for hydroxylation is 2. The van der Waals surface area contributed by atoms with Crippen LogP contribution in [0.25, 0.3) is 11.0 Å². The molecule has 1 aliphatic carbocycles. The zero-order valence-electron chi connectivity index (χ0n) is 12.8. The Bertz CT molecular complexity index is 806. The molecule has 2 aromatic heterocycles. The number of rotatable bonds is 3. The Morgan fingerprint density at radius 3 is 3.05 bits per heavy atom. The maximum Gasteiger partial charge on any atom is 0.123 e. The normalized spacial score (nSPS) is 17.6. The number of benzene rings is 1. The average molecular weight is 292 g/mol. The molecule has 3 aromatic rings. The first-order valence-corrected chi connectivity index (χ1v) is 7.90. The number of hydrogen-bond acceptors (Lipinski definition) is 3. The standard InChI is InChI=1S/C18H20N4/c1-22-16-10-3-2-8-14(16)21-17(22)12-20-15-9-4-6-13-7-5-11-19-18(13)15/h2-3,5,7-8,10-11,15,20H,4,6,9,12H2,1H3. The lowest BCUT2D eigenvalue weighted by Gasteiger charge is -2.25. The molecule has 0 bridgehead atoms. The molecule has 0 radical (unpaired) electrons. The predicted octanol–water partition coefficient (Wildman–Crippen LogP) is 3.14. The Balaban J connectivity index is 1.56. The highest BCUT2D eigenvalue weighted by atomic mass is 15.1. The average Bonchev–Trinajstić information content (AvgIpc) is 2.89. The van der Waals surface area contributed by atoms with Gasteiger partial charge < -0.3 is 9.88 Å². The van der Waals surface area contributed by atoms with E-state index in [9.17, 15) is 0 Å². The van der Waals surface area contributed by atoms with Crippen LogP contribution in [0.2, 0.25) is 0 Å². The Morgan fingerprint density at radius 1 is 1.23 bits per heavy atom. The third-order valence-electron chi connectivity index (χ3n) is 4.58. The molecular formula is C18H20N4. The second kappa shape index (κ2) is 5.54. The number of nitrogens with one attached hydrogen (secondary N) is 1. The molecule has 4 rings (SSSR count). The molecule has 1 aliphatic rings. The van der Waals surface area contributed by atoms with Gasteiger partial charge in [0.25, 0.3) is 0 Å². The van der Waals surface area contributed by atoms with Crippen LogP contribution in [-0.2, 0) is 20.0 Å². The van der Waals surface area contributed by atoms with E-state index in [2.05, 4.69) is 46.2 Å². The number of hydrogen-bond donors (Lipinski definition) is 1. The second-order valence-electron chi connectivity index (χ2n) is 5.95. The van der Waals surface area contributed by atoms with E-state index >= 15 is 0 Å². The van der Waals surface area contributed by atoms with Gasteiger partial charge in [-0.25, -0.2) is 4.98 Å². The van der Waals surface area contributed by atoms with Gasteiger partial charge in [-0.3, -0.25) is 4.98 Å². The van der Waals surface area contributed by atoms with Gasteiger partial charge in [0.1, 0.15) is 5.82 Å². The van der Waals surface area contributed by atoms with E-state index in [1.54, 1.807) is 0 Å². The molecule has 0 fully saturated rings. The van der Waals surface area contributed by atoms with E-state index < -0.39 is 0 Å². The van der Waals surface area contributed by atoms with Crippen molar-refractivity contribution in [1.29, 1.82) is 0 Å². The van der Waals surface area contributed by atoms with Gasteiger partial charge in [-0.05, 0) is 43.0 Å². The van der Waals surface area contributed by atoms with Crippen molar-refractivity contribution in [3.63, 3.8) is 0 Å². The number of para-hydroxylation sites is 2. The number of nitrogens with zero attached hydrogens (tertiary/aromatic N) is 3. The third-order valence-corrected chi connectivity index (χ3v) is 4.58. The third kappa shape index (κ3) is 2.29. The minimum atomic E-state index is 0.338. The molecule has 0 saturated carbocycles. The van der Waals surface area contributed by atoms with Crippen LogP contribution in [0.15, 0.2) is 42.6 Å². The van der Waals surface area contributed by atoms with Crippen LogP contribution in [0.3, 0.4) is 0 Å². The van der Waals surface area contributed by atoms with Crippen LogP contribution < -0.4 is 5.32 Å². The number of imidazole rings is 1. The van der Waals surface area contributed by atoms with Crippen LogP contribution in [-0.4, -0.2) is 14.5 Å². The smallest absolute Gasteiger partial charge is 0.123 e. The minimum absolute atomic E-state index is 0.338. The van der Waals surface area contributed by atoms with Crippen LogP contribution in [0, 0.1) is 0 Å². The SMILES string of the molecule is Cn1c(CNC2CCCc3cccnc32)nc2ccccc21. The lowest BCUT2D eigenvalue weighted by molar-refractivity contribution is 0.439. The summed E-state index contributed by atoms with van der Waals surface area (Å²) in [5.41, 5.74) is 4.84. The Hall–Kier alpha value is -2.20. The summed E-state index contributed by atoms with van der Waals surface area (Å²) in [6.45, 7) is 0.770. The number of pyridine rings is 1. The lowest BCUT2D eigenvalue weighted by Crippen LogP contribution is -2.27. The fourth-order valence-electron chi connectivity index (χ4n) is 3.38. The molecule has 1 unspecified atom stereocenters. The lowest BCUT2D eigenvalue weighted by atomic mass is 9.92. The van der Waals surface area contributed by atoms with Crippen molar-refractivity contribution in [2.75, 3.05) is 0 Å². The number of fused-ring (bicyclic) bond motifs is 2. The number of aromatic nitrogens is 3. The minimum Gasteiger partial charge on any atom is -0.330 e. The van der Waals surface area contributed by atoms with E-state index in [1.165, 1.54) is 23.2 Å². The monoisotopic (exact) mass is 292 g/mol. The molecule has 2 heterocycles. The zero-order valence-corrected chi connectivity index (χ0v) is 12.8. The molecule has 1 N–H and O–H groups in total. The van der Waals surface area contributed by atoms with Crippen LogP contribution in [0.4, 0.5) is 0 Å². The largest absolute Gasteiger partial charge is 0.330 e. The summed E-state index contributed by atoms with van der Waals surface area (Å²) in [7, 11) is 2.08. The zero-order chi connectivity index (χ0) is 14.9. The summed E-state index contributed by atoms with van der Waals surface area (Å²) >= 11 is 0. The van der Waals surface area contributed by atoms with Crippen molar-refractivity contribution in [3.8, 4) is 0 Å². The highest BCUT2D eigenvalue weighted by molar-refractivity contribution is 5.75. The van der Waals surface area contributed by atoms with Crippen molar-refractivity contribution in [1.82, 2.24) is 19.9 Å². The molecule has 0 aliphatic heterocycles. The van der Waals surface area contributed by atoms with E-state index in [0.29, 0.717) is 6.04 Å². The van der Waals surface area contributed by atoms with Gasteiger partial charge in [0.15, 0.2) is 0 Å². The topological polar surface area (TPSA) is 42.7 Å². The van der Waals surface area contributed by atoms with Gasteiger partial charge in [0.05, 0.1) is 29.3 Å². The highest BCUT2D eigenvalue weighted by Gasteiger charge is 2.21. The summed E-state index contributed by atoms with van der Waals surface area (Å²) in [4.78, 5) is 9.32. The first-order chi connectivity index (χ1) is 10.8. The molecule has 0 saturated heterocycles. The molecule has 1 aromatic carbocycles. The van der Waals surface area contributed by atoms with E-state index in [4.69, 9.17) is 4.98 Å². The maximum absolute atomic E-state index is 4.73. The van der Waals surface area contributed by atoms with E-state index in [1.807, 2.05) is 18.3 Å². The summed E-state index contributed by atoms with van der Waals surface area (Å²) in [5.74, 6) is 1.07. The fourth-order valence-corrected chi connectivity index (χ4v) is 3.38. The summed E-state index contributed by atoms with van der Waals surface area (Å²) in [5, 5.41) is 3.65. The quantitative estimate of drug-likeness (QED) is 0.806. The maximum atomic E-state index is 4.73. The van der Waals surface area contributed by atoms with Gasteiger partial charge in [0.2, 0.25) is 0 Å². The van der Waals surface area contributed by atoms with Crippen LogP contribution >= 0.6 is 0 Å². The second-order valence-corrected chi connectivity index (χ2v) is 5.95. The van der Waals surface area contributed by atoms with Crippen molar-refractivity contribution in [3.05, 3.63) is 59.7 Å². The summed E-state index contributed by atoms with van der Waals surface area (Å²) < 4.78 is 2.17. The molecule has 0 spiro atoms. The summed E-state index contributed by atoms with van der Waals surface area (Å²) in [6.07, 6.45) is 5.41. The molecule has 4 nitrogen and oxygen atoms in total. The van der Waals surface area contributed by atoms with Crippen molar-refractivity contribution in [2.24, 2.45) is 7.05 Å². The first kappa shape index (κ1) is 13.5. The van der Waals surface area contributed by atoms with E-state index in [0.717, 1.165) is 30.7 Å². The van der Waals surface area contributed by atoms with Crippen molar-refractivity contribution in [2.45, 2.75) is 31.8 Å². The molecule has 4 heteroatoms. The van der Waals surface area contributed by atoms with Gasteiger partial charge >= 0.3 is 0 Å². The van der Waals surface area contributed by atoms with Crippen molar-refractivity contribution >= 4 is 11.0 Å². The Morgan fingerprint density at radius 2 is 2.14 bits per heavy atom. The van der Waals surface area contributed by atoms with E-state index in [-0.39, 0.29) is 0 Å². The molecular weight excluding hydrogens is 272 g/mol. The van der Waals surface area contributed by atoms with Crippen LogP contribution in [0.5, 0.6) is 0 Å². The Kier molecular flexibility index (Phi) is 3.39. The molecule has 22 heavy (non-hydrogen) atoms. The van der Waals surface area contributed by atoms with Gasteiger partial charge in [-0.15, -0.1) is 0 Å². The predicted molar refractivity (Wildman–Crippen MR) is 87.5 cm³/mol. The van der Waals surface area contributed by atoms with Crippen molar-refractivity contribution < 1.29 is 0 Å². The first-order valence-electron chi connectivity index (χ1n) is 7.90. The fraction of sp³-hybridized carbons (Fsp3) is 0.333. The molecule has 0 amide bonds. The van der Waals surface area contributed by atoms with Gasteiger partial charge in [-0.2, -0.15) is 0 Å². The Labute approximate surface area is 130 Å². The summed E-state index contributed by atoms with van der Waals surface area (Å²) in [6, 6.07) is 12.8.